The Bertz CT molecular complexity index is 381. The summed E-state index contributed by atoms with van der Waals surface area (Å²) >= 11 is 0. The van der Waals surface area contributed by atoms with Crippen LogP contribution in [0.1, 0.15) is 18.5 Å². The zero-order valence-electron chi connectivity index (χ0n) is 11.8. The molecule has 0 spiro atoms. The van der Waals surface area contributed by atoms with E-state index in [2.05, 4.69) is 5.32 Å². The molecule has 0 bridgehead atoms. The highest BCUT2D eigenvalue weighted by Crippen LogP contribution is 2.18. The maximum absolute atomic E-state index is 11.9. The zero-order valence-corrected chi connectivity index (χ0v) is 12.7. The molecule has 1 N–H and O–H groups in total. The van der Waals surface area contributed by atoms with Crippen molar-refractivity contribution in [1.82, 2.24) is 5.32 Å². The van der Waals surface area contributed by atoms with Gasteiger partial charge in [0.1, 0.15) is 5.75 Å². The fraction of sp³-hybridized carbons (Fsp3) is 0.571. The summed E-state index contributed by atoms with van der Waals surface area (Å²) in [6, 6.07) is 8.01. The minimum atomic E-state index is -0.878. The Morgan fingerprint density at radius 1 is 1.32 bits per heavy atom. The van der Waals surface area contributed by atoms with Crippen molar-refractivity contribution in [2.24, 2.45) is 0 Å². The van der Waals surface area contributed by atoms with Gasteiger partial charge >= 0.3 is 0 Å². The molecular weight excluding hydrogens is 262 g/mol. The topological polar surface area (TPSA) is 47.6 Å². The van der Waals surface area contributed by atoms with Gasteiger partial charge in [0.2, 0.25) is 0 Å². The van der Waals surface area contributed by atoms with E-state index in [1.165, 1.54) is 0 Å². The van der Waals surface area contributed by atoms with Crippen molar-refractivity contribution in [3.63, 3.8) is 0 Å². The Balaban J connectivity index is 2.60. The standard InChI is InChI=1S/C14H23NO3S/c1-4-18-13-7-5-12(6-8-13)14(15-2)11-19(16)10-9-17-3/h5-8,14-15H,4,9-11H2,1-3H3. The summed E-state index contributed by atoms with van der Waals surface area (Å²) in [5.41, 5.74) is 1.12. The van der Waals surface area contributed by atoms with Crippen LogP contribution in [0, 0.1) is 0 Å². The lowest BCUT2D eigenvalue weighted by Gasteiger charge is -2.16. The van der Waals surface area contributed by atoms with E-state index < -0.39 is 10.8 Å². The van der Waals surface area contributed by atoms with Crippen molar-refractivity contribution >= 4 is 10.8 Å². The van der Waals surface area contributed by atoms with E-state index in [9.17, 15) is 4.21 Å². The highest BCUT2D eigenvalue weighted by Gasteiger charge is 2.13. The normalized spacial score (nSPS) is 14.1. The SMILES string of the molecule is CCOc1ccc(C(CS(=O)CCOC)NC)cc1. The van der Waals surface area contributed by atoms with Crippen LogP contribution in [0.4, 0.5) is 0 Å². The smallest absolute Gasteiger partial charge is 0.119 e. The van der Waals surface area contributed by atoms with Gasteiger partial charge in [-0.1, -0.05) is 12.1 Å². The number of nitrogens with one attached hydrogen (secondary N) is 1. The van der Waals surface area contributed by atoms with E-state index in [4.69, 9.17) is 9.47 Å². The van der Waals surface area contributed by atoms with Gasteiger partial charge in [-0.15, -0.1) is 0 Å². The van der Waals surface area contributed by atoms with Crippen molar-refractivity contribution in [1.29, 1.82) is 0 Å². The van der Waals surface area contributed by atoms with E-state index in [1.807, 2.05) is 38.2 Å². The number of hydrogen-bond donors (Lipinski definition) is 1. The van der Waals surface area contributed by atoms with Gasteiger partial charge in [0.05, 0.1) is 13.2 Å². The van der Waals surface area contributed by atoms with Gasteiger partial charge in [-0.2, -0.15) is 0 Å². The minimum absolute atomic E-state index is 0.0911. The third-order valence-electron chi connectivity index (χ3n) is 2.81. The Labute approximate surface area is 118 Å². The Morgan fingerprint density at radius 2 is 2.00 bits per heavy atom. The number of ether oxygens (including phenoxy) is 2. The summed E-state index contributed by atoms with van der Waals surface area (Å²) in [4.78, 5) is 0. The second-order valence-electron chi connectivity index (χ2n) is 4.15. The molecule has 0 aromatic heterocycles. The van der Waals surface area contributed by atoms with Crippen LogP contribution < -0.4 is 10.1 Å². The summed E-state index contributed by atoms with van der Waals surface area (Å²) in [5.74, 6) is 2.03. The Kier molecular flexibility index (Phi) is 7.70. The molecule has 0 radical (unpaired) electrons. The van der Waals surface area contributed by atoms with Crippen molar-refractivity contribution in [3.05, 3.63) is 29.8 Å². The first kappa shape index (κ1) is 16.1. The molecule has 4 nitrogen and oxygen atoms in total. The van der Waals surface area contributed by atoms with Crippen LogP contribution in [0.5, 0.6) is 5.75 Å². The maximum Gasteiger partial charge on any atom is 0.119 e. The summed E-state index contributed by atoms with van der Waals surface area (Å²) in [6.07, 6.45) is 0. The first-order chi connectivity index (χ1) is 9.21. The molecule has 0 aliphatic heterocycles. The van der Waals surface area contributed by atoms with E-state index in [0.29, 0.717) is 24.7 Å². The third-order valence-corrected chi connectivity index (χ3v) is 4.14. The van der Waals surface area contributed by atoms with Crippen LogP contribution >= 0.6 is 0 Å². The van der Waals surface area contributed by atoms with Gasteiger partial charge in [-0.3, -0.25) is 4.21 Å². The molecule has 108 valence electrons. The lowest BCUT2D eigenvalue weighted by Crippen LogP contribution is -2.24. The largest absolute Gasteiger partial charge is 0.494 e. The van der Waals surface area contributed by atoms with Crippen LogP contribution in [-0.4, -0.2) is 43.1 Å². The first-order valence-corrected chi connectivity index (χ1v) is 7.94. The zero-order chi connectivity index (χ0) is 14.1. The van der Waals surface area contributed by atoms with Crippen molar-refractivity contribution in [2.75, 3.05) is 38.9 Å². The second kappa shape index (κ2) is 9.07. The molecule has 1 rings (SSSR count). The molecule has 0 amide bonds. The molecule has 0 saturated heterocycles. The van der Waals surface area contributed by atoms with E-state index >= 15 is 0 Å². The molecule has 0 saturated carbocycles. The van der Waals surface area contributed by atoms with Gasteiger partial charge < -0.3 is 14.8 Å². The molecule has 2 unspecified atom stereocenters. The van der Waals surface area contributed by atoms with E-state index in [1.54, 1.807) is 7.11 Å². The molecule has 19 heavy (non-hydrogen) atoms. The van der Waals surface area contributed by atoms with Gasteiger partial charge in [0.15, 0.2) is 0 Å². The highest BCUT2D eigenvalue weighted by molar-refractivity contribution is 7.85. The Morgan fingerprint density at radius 3 is 2.53 bits per heavy atom. The summed E-state index contributed by atoms with van der Waals surface area (Å²) in [6.45, 7) is 3.16. The van der Waals surface area contributed by atoms with Gasteiger partial charge in [-0.25, -0.2) is 0 Å². The van der Waals surface area contributed by atoms with Crippen LogP contribution in [0.15, 0.2) is 24.3 Å². The lowest BCUT2D eigenvalue weighted by molar-refractivity contribution is 0.218. The lowest BCUT2D eigenvalue weighted by atomic mass is 10.1. The predicted octanol–water partition coefficient (Wildman–Crippen LogP) is 1.74. The highest BCUT2D eigenvalue weighted by atomic mass is 32.2. The first-order valence-electron chi connectivity index (χ1n) is 6.45. The predicted molar refractivity (Wildman–Crippen MR) is 79.2 cm³/mol. The minimum Gasteiger partial charge on any atom is -0.494 e. The molecule has 2 atom stereocenters. The Hall–Kier alpha value is -0.910. The van der Waals surface area contributed by atoms with E-state index in [-0.39, 0.29) is 6.04 Å². The van der Waals surface area contributed by atoms with Crippen LogP contribution in [0.3, 0.4) is 0 Å². The fourth-order valence-electron chi connectivity index (χ4n) is 1.75. The van der Waals surface area contributed by atoms with Gasteiger partial charge in [0.25, 0.3) is 0 Å². The van der Waals surface area contributed by atoms with Crippen LogP contribution in [0.2, 0.25) is 0 Å². The van der Waals surface area contributed by atoms with Crippen molar-refractivity contribution in [3.8, 4) is 5.75 Å². The molecule has 1 aromatic carbocycles. The summed E-state index contributed by atoms with van der Waals surface area (Å²) in [7, 11) is 2.63. The second-order valence-corrected chi connectivity index (χ2v) is 5.77. The fourth-order valence-corrected chi connectivity index (χ4v) is 3.00. The van der Waals surface area contributed by atoms with Crippen molar-refractivity contribution < 1.29 is 13.7 Å². The average molecular weight is 285 g/mol. The summed E-state index contributed by atoms with van der Waals surface area (Å²) in [5, 5.41) is 3.20. The van der Waals surface area contributed by atoms with Crippen LogP contribution in [-0.2, 0) is 15.5 Å². The molecular formula is C14H23NO3S. The van der Waals surface area contributed by atoms with Crippen LogP contribution in [0.25, 0.3) is 0 Å². The maximum atomic E-state index is 11.9. The molecule has 0 heterocycles. The third kappa shape index (κ3) is 5.72. The molecule has 0 aliphatic rings. The number of hydrogen-bond acceptors (Lipinski definition) is 4. The monoisotopic (exact) mass is 285 g/mol. The van der Waals surface area contributed by atoms with Gasteiger partial charge in [0, 0.05) is 35.5 Å². The molecule has 5 heteroatoms. The van der Waals surface area contributed by atoms with Gasteiger partial charge in [-0.05, 0) is 31.7 Å². The van der Waals surface area contributed by atoms with Crippen molar-refractivity contribution in [2.45, 2.75) is 13.0 Å². The number of methoxy groups -OCH3 is 1. The average Bonchev–Trinajstić information content (AvgIpc) is 2.44. The molecule has 0 fully saturated rings. The number of benzene rings is 1. The van der Waals surface area contributed by atoms with E-state index in [0.717, 1.165) is 11.3 Å². The summed E-state index contributed by atoms with van der Waals surface area (Å²) < 4.78 is 22.2. The molecule has 1 aromatic rings. The quantitative estimate of drug-likeness (QED) is 0.751. The molecule has 0 aliphatic carbocycles. The number of rotatable bonds is 9.